The molecule has 73 heavy (non-hydrogen) atoms. The van der Waals surface area contributed by atoms with Crippen molar-refractivity contribution in [1.82, 2.24) is 0 Å². The highest BCUT2D eigenvalue weighted by Crippen LogP contribution is 2.41. The Balaban J connectivity index is 0.000000245. The Morgan fingerprint density at radius 3 is 1.55 bits per heavy atom. The molecule has 400 valence electrons. The minimum Gasteiger partial charge on any atom is -0.490 e. The smallest absolute Gasteiger partial charge is 0.490 e. The number of hydrogen-bond donors (Lipinski definition) is 3. The summed E-state index contributed by atoms with van der Waals surface area (Å²) in [7, 11) is -0.309. The molecule has 2 saturated carbocycles. The molecule has 4 N–H and O–H groups in total. The fourth-order valence-electron chi connectivity index (χ4n) is 9.22. The van der Waals surface area contributed by atoms with Gasteiger partial charge >= 0.3 is 19.1 Å². The van der Waals surface area contributed by atoms with Crippen molar-refractivity contribution in [2.75, 3.05) is 6.54 Å². The molecule has 1 saturated heterocycles. The molecule has 7 rings (SSSR count). The molecule has 1 heterocycles. The van der Waals surface area contributed by atoms with E-state index in [4.69, 9.17) is 34.7 Å². The maximum atomic E-state index is 14.1. The van der Waals surface area contributed by atoms with E-state index in [-0.39, 0.29) is 49.6 Å². The Labute approximate surface area is 442 Å². The first kappa shape index (κ1) is 60.9. The predicted molar refractivity (Wildman–Crippen MR) is 292 cm³/mol. The Morgan fingerprint density at radius 1 is 0.671 bits per heavy atom. The van der Waals surface area contributed by atoms with E-state index in [2.05, 4.69) is 109 Å². The van der Waals surface area contributed by atoms with Crippen molar-refractivity contribution in [3.05, 3.63) is 112 Å². The van der Waals surface area contributed by atoms with Crippen LogP contribution in [-0.4, -0.2) is 65.5 Å². The quantitative estimate of drug-likeness (QED) is 0.0631. The summed E-state index contributed by atoms with van der Waals surface area (Å²) in [6, 6.07) is 25.3. The molecule has 1 aliphatic heterocycles. The summed E-state index contributed by atoms with van der Waals surface area (Å²) in [6.45, 7) is 22.6. The van der Waals surface area contributed by atoms with E-state index in [1.807, 2.05) is 30.3 Å². The van der Waals surface area contributed by atoms with Crippen LogP contribution in [0.4, 0.5) is 8.78 Å². The number of ether oxygens (including phenoxy) is 2. The summed E-state index contributed by atoms with van der Waals surface area (Å²) in [5, 5.41) is 16.6. The van der Waals surface area contributed by atoms with Gasteiger partial charge in [-0.1, -0.05) is 87.8 Å². The Bertz CT molecular complexity index is 2310. The maximum Gasteiger partial charge on any atom is 0.494 e. The van der Waals surface area contributed by atoms with Crippen LogP contribution in [0.3, 0.4) is 0 Å². The highest BCUT2D eigenvalue weighted by Gasteiger charge is 2.51. The second-order valence-corrected chi connectivity index (χ2v) is 23.7. The van der Waals surface area contributed by atoms with Crippen molar-refractivity contribution in [3.63, 3.8) is 0 Å². The zero-order valence-corrected chi connectivity index (χ0v) is 46.5. The largest absolute Gasteiger partial charge is 0.494 e. The summed E-state index contributed by atoms with van der Waals surface area (Å²) < 4.78 is 51.8. The number of unbranched alkanes of at least 4 members (excludes halogenated alkanes) is 1. The number of halogens is 3. The van der Waals surface area contributed by atoms with Gasteiger partial charge in [0.2, 0.25) is 0 Å². The SMILES string of the molecule is CC(C)(C)C1CCC(Oc2ccc(-c3cc(F)cc(CCCCC(=O)O)c3)cc2)CC1.CC(C)(C)C1CCC(Oc2ccc(B3OC(C)(C)C(C)(C)O3)cc2)CC1.NCCC(=O)O.O=Cc1cc(F)cc(Br)c1. The van der Waals surface area contributed by atoms with E-state index >= 15 is 0 Å². The third kappa shape index (κ3) is 20.5. The normalized spacial score (nSPS) is 20.2. The number of carboxylic acid groups (broad SMARTS) is 2. The van der Waals surface area contributed by atoms with Gasteiger partial charge in [-0.15, -0.1) is 0 Å². The lowest BCUT2D eigenvalue weighted by molar-refractivity contribution is -0.138. The highest BCUT2D eigenvalue weighted by atomic mass is 79.9. The van der Waals surface area contributed by atoms with Crippen LogP contribution in [0, 0.1) is 34.3 Å². The van der Waals surface area contributed by atoms with Gasteiger partial charge in [0, 0.05) is 23.0 Å². The molecule has 3 aliphatic rings. The average Bonchev–Trinajstić information content (AvgIpc) is 3.53. The number of aliphatic carboxylic acids is 2. The minimum atomic E-state index is -0.836. The average molecular weight is 1080 g/mol. The van der Waals surface area contributed by atoms with Gasteiger partial charge in [-0.05, 0) is 198 Å². The van der Waals surface area contributed by atoms with Crippen LogP contribution in [0.15, 0.2) is 89.4 Å². The molecule has 0 amide bonds. The van der Waals surface area contributed by atoms with Gasteiger partial charge in [-0.25, -0.2) is 8.78 Å². The van der Waals surface area contributed by atoms with Crippen LogP contribution >= 0.6 is 15.9 Å². The molecule has 0 bridgehead atoms. The van der Waals surface area contributed by atoms with Crippen LogP contribution in [0.5, 0.6) is 11.5 Å². The molecule has 0 unspecified atom stereocenters. The molecule has 14 heteroatoms. The molecular weight excluding hydrogens is 995 g/mol. The monoisotopic (exact) mass is 1080 g/mol. The molecule has 0 atom stereocenters. The summed E-state index contributed by atoms with van der Waals surface area (Å²) in [6.07, 6.45) is 12.9. The molecule has 4 aromatic rings. The number of nitrogens with two attached hydrogens (primary N) is 1. The number of rotatable bonds is 14. The first-order valence-corrected chi connectivity index (χ1v) is 26.7. The molecule has 2 aliphatic carbocycles. The van der Waals surface area contributed by atoms with Crippen molar-refractivity contribution < 1.29 is 52.2 Å². The molecule has 10 nitrogen and oxygen atoms in total. The number of hydrogen-bond acceptors (Lipinski definition) is 8. The van der Waals surface area contributed by atoms with Crippen molar-refractivity contribution in [3.8, 4) is 22.6 Å². The third-order valence-electron chi connectivity index (χ3n) is 14.4. The van der Waals surface area contributed by atoms with E-state index < -0.39 is 17.8 Å². The topological polar surface area (TPSA) is 155 Å². The number of aldehydes is 1. The number of carbonyl (C=O) groups excluding carboxylic acids is 1. The number of carbonyl (C=O) groups is 3. The van der Waals surface area contributed by atoms with Gasteiger partial charge in [0.1, 0.15) is 29.4 Å². The summed E-state index contributed by atoms with van der Waals surface area (Å²) in [5.41, 5.74) is 9.09. The first-order valence-electron chi connectivity index (χ1n) is 25.9. The van der Waals surface area contributed by atoms with Gasteiger partial charge in [-0.3, -0.25) is 14.4 Å². The van der Waals surface area contributed by atoms with E-state index in [1.54, 1.807) is 12.1 Å². The second-order valence-electron chi connectivity index (χ2n) is 22.8. The molecule has 0 radical (unpaired) electrons. The number of carboxylic acids is 2. The van der Waals surface area contributed by atoms with Crippen molar-refractivity contribution >= 4 is 46.7 Å². The number of benzene rings is 4. The second kappa shape index (κ2) is 27.8. The van der Waals surface area contributed by atoms with Gasteiger partial charge in [0.05, 0.1) is 29.8 Å². The zero-order chi connectivity index (χ0) is 54.1. The van der Waals surface area contributed by atoms with Crippen molar-refractivity contribution in [2.24, 2.45) is 28.4 Å². The third-order valence-corrected chi connectivity index (χ3v) is 14.9. The van der Waals surface area contributed by atoms with E-state index in [9.17, 15) is 23.2 Å². The molecule has 0 spiro atoms. The Kier molecular flexibility index (Phi) is 23.2. The van der Waals surface area contributed by atoms with E-state index in [1.165, 1.54) is 43.9 Å². The van der Waals surface area contributed by atoms with Crippen molar-refractivity contribution in [2.45, 2.75) is 176 Å². The van der Waals surface area contributed by atoms with Gasteiger partial charge in [-0.2, -0.15) is 0 Å². The fourth-order valence-corrected chi connectivity index (χ4v) is 9.70. The van der Waals surface area contributed by atoms with Gasteiger partial charge in [0.15, 0.2) is 0 Å². The van der Waals surface area contributed by atoms with Crippen LogP contribution in [0.25, 0.3) is 11.1 Å². The van der Waals surface area contributed by atoms with Crippen LogP contribution in [0.2, 0.25) is 0 Å². The Morgan fingerprint density at radius 2 is 1.14 bits per heavy atom. The molecule has 0 aromatic heterocycles. The number of aryl methyl sites for hydroxylation is 1. The van der Waals surface area contributed by atoms with Crippen molar-refractivity contribution in [1.29, 1.82) is 0 Å². The van der Waals surface area contributed by atoms with E-state index in [0.717, 1.165) is 77.6 Å². The van der Waals surface area contributed by atoms with E-state index in [0.29, 0.717) is 46.1 Å². The predicted octanol–water partition coefficient (Wildman–Crippen LogP) is 14.1. The van der Waals surface area contributed by atoms with Crippen LogP contribution in [-0.2, 0) is 25.3 Å². The summed E-state index contributed by atoms with van der Waals surface area (Å²) >= 11 is 3.05. The lowest BCUT2D eigenvalue weighted by atomic mass is 9.72. The lowest BCUT2D eigenvalue weighted by Crippen LogP contribution is -2.41. The summed E-state index contributed by atoms with van der Waals surface area (Å²) in [4.78, 5) is 30.3. The first-order chi connectivity index (χ1) is 34.2. The fraction of sp³-hybridized carbons (Fsp3) is 0.542. The lowest BCUT2D eigenvalue weighted by Gasteiger charge is -2.37. The maximum absolute atomic E-state index is 14.1. The van der Waals surface area contributed by atoms with Crippen LogP contribution in [0.1, 0.15) is 162 Å². The standard InChI is InChI=1S/C27H35FO3.C22H35BO3.C7H4BrFO.C3H7NO2/c1-27(2,3)22-10-14-25(15-11-22)31-24-12-8-20(9-13-24)21-16-19(17-23(28)18-21)6-4-5-7-26(29)30;1-20(2,3)16-8-12-18(13-9-16)24-19-14-10-17(11-15-19)23-25-21(4,5)22(6,7)26-23;8-6-1-5(4-10)2-7(9)3-6;4-2-1-3(5)6/h8-9,12-13,16-18,22,25H,4-7,10-11,14-15H2,1-3H3,(H,29,30);10-11,14-16,18H,8-9,12-13H2,1-7H3;1-4H;1-2,4H2,(H,5,6). The van der Waals surface area contributed by atoms with Crippen LogP contribution < -0.4 is 20.7 Å². The Hall–Kier alpha value is -4.63. The minimum absolute atomic E-state index is 0.0694. The molecular formula is C59H81BBrF2NO9. The summed E-state index contributed by atoms with van der Waals surface area (Å²) in [5.74, 6) is 1.10. The van der Waals surface area contributed by atoms with Gasteiger partial charge < -0.3 is 34.7 Å². The molecule has 3 fully saturated rings. The van der Waals surface area contributed by atoms with Gasteiger partial charge in [0.25, 0.3) is 0 Å². The molecule has 4 aromatic carbocycles. The highest BCUT2D eigenvalue weighted by molar-refractivity contribution is 9.10. The zero-order valence-electron chi connectivity index (χ0n) is 44.9.